The maximum atomic E-state index is 10.3. The lowest BCUT2D eigenvalue weighted by molar-refractivity contribution is -0.566. The molecular formula is C24H50N7O9+. The fourth-order valence-corrected chi connectivity index (χ4v) is 3.28. The summed E-state index contributed by atoms with van der Waals surface area (Å²) in [4.78, 5) is 32.3. The first kappa shape index (κ1) is 39.2. The number of ether oxygens (including phenoxy) is 3. The first-order valence-corrected chi connectivity index (χ1v) is 13.0. The first-order chi connectivity index (χ1) is 18.3. The minimum absolute atomic E-state index is 0. The largest absolute Gasteiger partial charge is 0.412 e. The fraction of sp³-hybridized carbons (Fsp3) is 0.833. The summed E-state index contributed by atoms with van der Waals surface area (Å²) in [6.07, 6.45) is 4.52. The van der Waals surface area contributed by atoms with Gasteiger partial charge in [-0.1, -0.05) is 5.57 Å². The summed E-state index contributed by atoms with van der Waals surface area (Å²) in [7, 11) is 0. The molecule has 0 aromatic rings. The molecule has 3 saturated heterocycles. The molecule has 3 aliphatic rings. The molecule has 3 fully saturated rings. The van der Waals surface area contributed by atoms with Gasteiger partial charge in [0, 0.05) is 26.2 Å². The van der Waals surface area contributed by atoms with Gasteiger partial charge in [-0.25, -0.2) is 24.8 Å². The summed E-state index contributed by atoms with van der Waals surface area (Å²) < 4.78 is 17.4. The summed E-state index contributed by atoms with van der Waals surface area (Å²) in [6, 6.07) is 0. The zero-order valence-electron chi connectivity index (χ0n) is 24.8. The Kier molecular flexibility index (Phi) is 21.4. The zero-order valence-corrected chi connectivity index (χ0v) is 24.8. The molecule has 0 bridgehead atoms. The summed E-state index contributed by atoms with van der Waals surface area (Å²) >= 11 is 0. The summed E-state index contributed by atoms with van der Waals surface area (Å²) in [6.45, 7) is 21.3. The van der Waals surface area contributed by atoms with E-state index in [-0.39, 0.29) is 5.48 Å². The van der Waals surface area contributed by atoms with Crippen molar-refractivity contribution < 1.29 is 39.1 Å². The van der Waals surface area contributed by atoms with Crippen LogP contribution in [0.25, 0.3) is 0 Å². The van der Waals surface area contributed by atoms with Crippen LogP contribution < -0.4 is 16.2 Å². The Hall–Kier alpha value is -2.92. The van der Waals surface area contributed by atoms with Gasteiger partial charge in [-0.15, -0.1) is 10.9 Å². The number of nitro groups is 2. The standard InChI is InChI=1S/C8H16N3O3.C8H15NO.C4H8N2O3.C4H9NO.H2O/c1-8(2,9-11(12)13)7-10-3-5-14-6-4-10;1-8(2)7-9-3-5-10-6-4-9;1-4(2,3-7)5-6(8)9;1-3-6-4-2-5-1;/h7,9H,3-6H2,1-2H3;7H,3-6H2,1-2H3;3,5H,1-2H3;5H,1-4H2;1H2/q+1;;;;. The average Bonchev–Trinajstić information content (AvgIpc) is 2.85. The molecule has 0 aromatic carbocycles. The van der Waals surface area contributed by atoms with Crippen molar-refractivity contribution >= 4 is 12.5 Å². The highest BCUT2D eigenvalue weighted by molar-refractivity contribution is 5.63. The number of carbonyl (C=O) groups excluding carboxylic acids is 1. The second-order valence-electron chi connectivity index (χ2n) is 10.3. The van der Waals surface area contributed by atoms with Crippen LogP contribution in [-0.4, -0.2) is 128 Å². The van der Waals surface area contributed by atoms with E-state index in [9.17, 15) is 25.0 Å². The molecule has 234 valence electrons. The molecule has 0 aliphatic carbocycles. The van der Waals surface area contributed by atoms with Crippen molar-refractivity contribution in [2.24, 2.45) is 0 Å². The van der Waals surface area contributed by atoms with Crippen molar-refractivity contribution in [1.82, 2.24) is 21.1 Å². The van der Waals surface area contributed by atoms with E-state index in [4.69, 9.17) is 14.2 Å². The van der Waals surface area contributed by atoms with E-state index in [2.05, 4.69) is 35.7 Å². The minimum atomic E-state index is -1.07. The van der Waals surface area contributed by atoms with Gasteiger partial charge in [0.25, 0.3) is 0 Å². The molecule has 0 spiro atoms. The number of aldehydes is 1. The third-order valence-corrected chi connectivity index (χ3v) is 4.94. The van der Waals surface area contributed by atoms with Gasteiger partial charge in [0.15, 0.2) is 41.2 Å². The molecule has 16 nitrogen and oxygen atoms in total. The normalized spacial score (nSPS) is 16.9. The van der Waals surface area contributed by atoms with Crippen LogP contribution in [0.1, 0.15) is 41.5 Å². The number of nitrogens with zero attached hydrogens (tertiary/aromatic N) is 4. The van der Waals surface area contributed by atoms with Gasteiger partial charge in [-0.05, 0) is 47.7 Å². The number of hydrazine groups is 2. The number of allylic oxidation sites excluding steroid dienone is 1. The van der Waals surface area contributed by atoms with E-state index in [1.54, 1.807) is 13.8 Å². The highest BCUT2D eigenvalue weighted by Gasteiger charge is 2.26. The highest BCUT2D eigenvalue weighted by Crippen LogP contribution is 2.01. The predicted octanol–water partition coefficient (Wildman–Crippen LogP) is -0.571. The van der Waals surface area contributed by atoms with Crippen LogP contribution in [0.15, 0.2) is 11.8 Å². The molecule has 40 heavy (non-hydrogen) atoms. The van der Waals surface area contributed by atoms with Gasteiger partial charge in [0.2, 0.25) is 0 Å². The number of rotatable bonds is 7. The van der Waals surface area contributed by atoms with E-state index in [0.717, 1.165) is 65.7 Å². The van der Waals surface area contributed by atoms with Gasteiger partial charge in [-0.2, -0.15) is 0 Å². The van der Waals surface area contributed by atoms with Crippen molar-refractivity contribution in [1.29, 1.82) is 0 Å². The Bertz CT molecular complexity index is 759. The van der Waals surface area contributed by atoms with Gasteiger partial charge < -0.3 is 34.7 Å². The SMILES string of the molecule is C1COCCN1.CC(C)(C=O)N[N+](=O)[O-].CC(C)(C=[N+]1CCOCC1)N[N+](=O)[O-].CC(C)=CN1CCOCC1.O. The second kappa shape index (κ2) is 21.8. The Morgan fingerprint density at radius 1 is 0.850 bits per heavy atom. The fourth-order valence-electron chi connectivity index (χ4n) is 3.28. The Balaban J connectivity index is 0. The topological polar surface area (TPSA) is 205 Å². The maximum absolute atomic E-state index is 10.3. The summed E-state index contributed by atoms with van der Waals surface area (Å²) in [5.74, 6) is 0. The molecular weight excluding hydrogens is 530 g/mol. The average molecular weight is 581 g/mol. The quantitative estimate of drug-likeness (QED) is 0.150. The first-order valence-electron chi connectivity index (χ1n) is 13.0. The molecule has 0 atom stereocenters. The second-order valence-corrected chi connectivity index (χ2v) is 10.3. The van der Waals surface area contributed by atoms with E-state index in [1.165, 1.54) is 19.4 Å². The summed E-state index contributed by atoms with van der Waals surface area (Å²) in [5, 5.41) is 21.9. The zero-order chi connectivity index (χ0) is 29.7. The molecule has 3 aliphatic heterocycles. The highest BCUT2D eigenvalue weighted by atomic mass is 16.7. The lowest BCUT2D eigenvalue weighted by Gasteiger charge is -2.25. The van der Waals surface area contributed by atoms with Crippen LogP contribution in [0.5, 0.6) is 0 Å². The molecule has 0 radical (unpaired) electrons. The molecule has 0 saturated carbocycles. The van der Waals surface area contributed by atoms with Crippen LogP contribution in [0, 0.1) is 20.2 Å². The number of carbonyl (C=O) groups is 1. The van der Waals surface area contributed by atoms with Gasteiger partial charge in [-0.3, -0.25) is 0 Å². The van der Waals surface area contributed by atoms with Crippen LogP contribution in [0.4, 0.5) is 0 Å². The molecule has 3 rings (SSSR count). The lowest BCUT2D eigenvalue weighted by atomic mass is 10.1. The van der Waals surface area contributed by atoms with Crippen LogP contribution in [0.3, 0.4) is 0 Å². The van der Waals surface area contributed by atoms with E-state index in [0.29, 0.717) is 19.5 Å². The summed E-state index contributed by atoms with van der Waals surface area (Å²) in [5.41, 5.74) is 3.75. The van der Waals surface area contributed by atoms with E-state index in [1.807, 2.05) is 16.2 Å². The van der Waals surface area contributed by atoms with Gasteiger partial charge in [0.05, 0.1) is 26.4 Å². The molecule has 0 unspecified atom stereocenters. The van der Waals surface area contributed by atoms with Crippen molar-refractivity contribution in [2.75, 3.05) is 78.9 Å². The Morgan fingerprint density at radius 2 is 1.30 bits per heavy atom. The minimum Gasteiger partial charge on any atom is -0.412 e. The van der Waals surface area contributed by atoms with Crippen molar-refractivity contribution in [2.45, 2.75) is 52.6 Å². The number of nitrogens with one attached hydrogen (secondary N) is 3. The third-order valence-electron chi connectivity index (χ3n) is 4.94. The maximum Gasteiger partial charge on any atom is 0.170 e. The number of hydrogen-bond acceptors (Lipinski definition) is 10. The molecule has 3 heterocycles. The molecule has 5 N–H and O–H groups in total. The lowest BCUT2D eigenvalue weighted by Crippen LogP contribution is -2.48. The number of hydrogen-bond donors (Lipinski definition) is 3. The monoisotopic (exact) mass is 580 g/mol. The van der Waals surface area contributed by atoms with Gasteiger partial charge >= 0.3 is 0 Å². The third kappa shape index (κ3) is 24.1. The Morgan fingerprint density at radius 3 is 1.65 bits per heavy atom. The molecule has 16 heteroatoms. The van der Waals surface area contributed by atoms with Crippen molar-refractivity contribution in [3.8, 4) is 0 Å². The van der Waals surface area contributed by atoms with Crippen molar-refractivity contribution in [3.05, 3.63) is 32.0 Å². The van der Waals surface area contributed by atoms with Crippen LogP contribution in [-0.2, 0) is 19.0 Å². The van der Waals surface area contributed by atoms with Crippen molar-refractivity contribution in [3.63, 3.8) is 0 Å². The predicted molar refractivity (Wildman–Crippen MR) is 150 cm³/mol. The smallest absolute Gasteiger partial charge is 0.170 e. The van der Waals surface area contributed by atoms with Gasteiger partial charge in [0.1, 0.15) is 18.8 Å². The molecule has 0 amide bonds. The number of morpholine rings is 3. The van der Waals surface area contributed by atoms with Crippen LogP contribution >= 0.6 is 0 Å². The molecule has 0 aromatic heterocycles. The Labute approximate surface area is 236 Å². The van der Waals surface area contributed by atoms with E-state index >= 15 is 0 Å². The van der Waals surface area contributed by atoms with E-state index < -0.39 is 21.1 Å². The van der Waals surface area contributed by atoms with Crippen LogP contribution in [0.2, 0.25) is 0 Å².